The van der Waals surface area contributed by atoms with E-state index in [0.717, 1.165) is 0 Å². The molecule has 0 amide bonds. The first-order valence-corrected chi connectivity index (χ1v) is 7.70. The summed E-state index contributed by atoms with van der Waals surface area (Å²) in [6.45, 7) is 6.58. The minimum absolute atomic E-state index is 0.332. The number of aliphatic hydroxyl groups excluding tert-OH is 1. The van der Waals surface area contributed by atoms with E-state index in [1.807, 2.05) is 0 Å². The van der Waals surface area contributed by atoms with E-state index in [1.165, 1.54) is 12.8 Å². The topological polar surface area (TPSA) is 20.2 Å². The maximum absolute atomic E-state index is 9.40. The van der Waals surface area contributed by atoms with Gasteiger partial charge in [0.1, 0.15) is 14.2 Å². The largest absolute Gasteiger partial charge is 0.380 e. The van der Waals surface area contributed by atoms with Gasteiger partial charge in [-0.15, -0.1) is 5.54 Å². The third-order valence-corrected chi connectivity index (χ3v) is 2.56. The molecule has 1 nitrogen and oxygen atoms in total. The average Bonchev–Trinajstić information content (AvgIpc) is 2.61. The SMILES string of the molecule is C[Si](C)(C)C#CC(O)C1CC1. The molecule has 0 aromatic carbocycles. The van der Waals surface area contributed by atoms with Crippen LogP contribution in [-0.4, -0.2) is 19.3 Å². The molecule has 0 saturated heterocycles. The third kappa shape index (κ3) is 3.59. The van der Waals surface area contributed by atoms with Crippen LogP contribution in [0.1, 0.15) is 12.8 Å². The first kappa shape index (κ1) is 8.83. The van der Waals surface area contributed by atoms with Crippen LogP contribution in [0.3, 0.4) is 0 Å². The minimum Gasteiger partial charge on any atom is -0.380 e. The summed E-state index contributed by atoms with van der Waals surface area (Å²) in [4.78, 5) is 0. The fraction of sp³-hybridized carbons (Fsp3) is 0.778. The highest BCUT2D eigenvalue weighted by Gasteiger charge is 2.28. The molecular formula is C9H16OSi. The van der Waals surface area contributed by atoms with Crippen molar-refractivity contribution in [1.82, 2.24) is 0 Å². The van der Waals surface area contributed by atoms with Gasteiger partial charge >= 0.3 is 0 Å². The van der Waals surface area contributed by atoms with Gasteiger partial charge in [0.15, 0.2) is 0 Å². The Bertz CT molecular complexity index is 190. The molecule has 1 aliphatic rings. The lowest BCUT2D eigenvalue weighted by Crippen LogP contribution is -2.18. The molecule has 0 aromatic heterocycles. The quantitative estimate of drug-likeness (QED) is 0.466. The Morgan fingerprint density at radius 1 is 1.36 bits per heavy atom. The zero-order valence-electron chi connectivity index (χ0n) is 7.52. The number of rotatable bonds is 1. The van der Waals surface area contributed by atoms with E-state index in [9.17, 15) is 5.11 Å². The first-order valence-electron chi connectivity index (χ1n) is 4.20. The summed E-state index contributed by atoms with van der Waals surface area (Å²) < 4.78 is 0. The van der Waals surface area contributed by atoms with Crippen LogP contribution in [0.4, 0.5) is 0 Å². The maximum Gasteiger partial charge on any atom is 0.129 e. The molecule has 2 heteroatoms. The highest BCUT2D eigenvalue weighted by Crippen LogP contribution is 2.32. The molecule has 0 radical (unpaired) electrons. The fourth-order valence-corrected chi connectivity index (χ4v) is 1.40. The van der Waals surface area contributed by atoms with E-state index in [0.29, 0.717) is 5.92 Å². The zero-order chi connectivity index (χ0) is 8.48. The van der Waals surface area contributed by atoms with Crippen molar-refractivity contribution < 1.29 is 5.11 Å². The van der Waals surface area contributed by atoms with Gasteiger partial charge in [0.2, 0.25) is 0 Å². The molecule has 11 heavy (non-hydrogen) atoms. The lowest BCUT2D eigenvalue weighted by atomic mass is 10.2. The van der Waals surface area contributed by atoms with Crippen molar-refractivity contribution >= 4 is 8.07 Å². The van der Waals surface area contributed by atoms with Crippen LogP contribution in [0.15, 0.2) is 0 Å². The van der Waals surface area contributed by atoms with Gasteiger partial charge in [0, 0.05) is 0 Å². The van der Waals surface area contributed by atoms with Crippen LogP contribution < -0.4 is 0 Å². The van der Waals surface area contributed by atoms with Crippen molar-refractivity contribution in [1.29, 1.82) is 0 Å². The Labute approximate surface area is 69.8 Å². The van der Waals surface area contributed by atoms with Crippen LogP contribution in [0.5, 0.6) is 0 Å². The molecule has 1 rings (SSSR count). The molecule has 0 aliphatic heterocycles. The fourth-order valence-electron chi connectivity index (χ4n) is 0.820. The Kier molecular flexibility index (Phi) is 2.41. The van der Waals surface area contributed by atoms with Gasteiger partial charge in [-0.2, -0.15) is 0 Å². The molecule has 1 aliphatic carbocycles. The van der Waals surface area contributed by atoms with Gasteiger partial charge in [-0.05, 0) is 18.8 Å². The van der Waals surface area contributed by atoms with Gasteiger partial charge in [-0.3, -0.25) is 0 Å². The molecule has 1 atom stereocenters. The van der Waals surface area contributed by atoms with Crippen LogP contribution in [0, 0.1) is 17.4 Å². The monoisotopic (exact) mass is 168 g/mol. The van der Waals surface area contributed by atoms with E-state index in [2.05, 4.69) is 31.1 Å². The molecule has 0 aromatic rings. The molecular weight excluding hydrogens is 152 g/mol. The maximum atomic E-state index is 9.40. The van der Waals surface area contributed by atoms with Gasteiger partial charge in [-0.1, -0.05) is 25.6 Å². The van der Waals surface area contributed by atoms with Crippen LogP contribution >= 0.6 is 0 Å². The van der Waals surface area contributed by atoms with Crippen molar-refractivity contribution in [2.24, 2.45) is 5.92 Å². The summed E-state index contributed by atoms with van der Waals surface area (Å²) in [5.74, 6) is 3.45. The van der Waals surface area contributed by atoms with E-state index in [4.69, 9.17) is 0 Å². The van der Waals surface area contributed by atoms with Crippen LogP contribution in [-0.2, 0) is 0 Å². The Morgan fingerprint density at radius 2 is 1.91 bits per heavy atom. The standard InChI is InChI=1S/C9H16OSi/c1-11(2,3)7-6-9(10)8-4-5-8/h8-10H,4-5H2,1-3H3. The second-order valence-electron chi connectivity index (χ2n) is 4.30. The predicted molar refractivity (Wildman–Crippen MR) is 49.9 cm³/mol. The van der Waals surface area contributed by atoms with Gasteiger partial charge < -0.3 is 5.11 Å². The van der Waals surface area contributed by atoms with Crippen molar-refractivity contribution in [2.45, 2.75) is 38.6 Å². The highest BCUT2D eigenvalue weighted by molar-refractivity contribution is 6.83. The van der Waals surface area contributed by atoms with E-state index >= 15 is 0 Å². The van der Waals surface area contributed by atoms with E-state index < -0.39 is 8.07 Å². The number of hydrogen-bond acceptors (Lipinski definition) is 1. The molecule has 1 N–H and O–H groups in total. The molecule has 1 unspecified atom stereocenters. The highest BCUT2D eigenvalue weighted by atomic mass is 28.3. The summed E-state index contributed by atoms with van der Waals surface area (Å²) >= 11 is 0. The van der Waals surface area contributed by atoms with Crippen molar-refractivity contribution in [3.63, 3.8) is 0 Å². The Balaban J connectivity index is 2.41. The normalized spacial score (nSPS) is 20.4. The second kappa shape index (κ2) is 3.00. The lowest BCUT2D eigenvalue weighted by Gasteiger charge is -2.05. The smallest absolute Gasteiger partial charge is 0.129 e. The van der Waals surface area contributed by atoms with Gasteiger partial charge in [0.05, 0.1) is 0 Å². The molecule has 0 heterocycles. The first-order chi connectivity index (χ1) is 4.99. The van der Waals surface area contributed by atoms with Crippen molar-refractivity contribution in [3.8, 4) is 11.5 Å². The molecule has 1 saturated carbocycles. The summed E-state index contributed by atoms with van der Waals surface area (Å²) in [6, 6.07) is 0. The van der Waals surface area contributed by atoms with E-state index in [1.54, 1.807) is 0 Å². The Morgan fingerprint density at radius 3 is 2.27 bits per heavy atom. The lowest BCUT2D eigenvalue weighted by molar-refractivity contribution is 0.209. The van der Waals surface area contributed by atoms with Gasteiger partial charge in [0.25, 0.3) is 0 Å². The molecule has 1 fully saturated rings. The van der Waals surface area contributed by atoms with Crippen LogP contribution in [0.2, 0.25) is 19.6 Å². The molecule has 0 spiro atoms. The summed E-state index contributed by atoms with van der Waals surface area (Å²) in [5.41, 5.74) is 3.18. The molecule has 0 bridgehead atoms. The molecule has 62 valence electrons. The summed E-state index contributed by atoms with van der Waals surface area (Å²) in [6.07, 6.45) is 2.00. The number of hydrogen-bond donors (Lipinski definition) is 1. The van der Waals surface area contributed by atoms with Crippen molar-refractivity contribution in [2.75, 3.05) is 0 Å². The third-order valence-electron chi connectivity index (χ3n) is 1.66. The second-order valence-corrected chi connectivity index (χ2v) is 9.05. The summed E-state index contributed by atoms with van der Waals surface area (Å²) in [7, 11) is -1.26. The van der Waals surface area contributed by atoms with E-state index in [-0.39, 0.29) is 6.10 Å². The Hall–Kier alpha value is -0.263. The average molecular weight is 168 g/mol. The van der Waals surface area contributed by atoms with Crippen molar-refractivity contribution in [3.05, 3.63) is 0 Å². The number of aliphatic hydroxyl groups is 1. The zero-order valence-corrected chi connectivity index (χ0v) is 8.52. The van der Waals surface area contributed by atoms with Gasteiger partial charge in [-0.25, -0.2) is 0 Å². The summed E-state index contributed by atoms with van der Waals surface area (Å²) in [5, 5.41) is 9.40. The predicted octanol–water partition coefficient (Wildman–Crippen LogP) is 1.64. The van der Waals surface area contributed by atoms with Crippen LogP contribution in [0.25, 0.3) is 0 Å². The minimum atomic E-state index is -1.26.